The van der Waals surface area contributed by atoms with Gasteiger partial charge in [0.05, 0.1) is 0 Å². The Hall–Kier alpha value is -0.410. The van der Waals surface area contributed by atoms with Gasteiger partial charge in [-0.15, -0.1) is 0 Å². The Morgan fingerprint density at radius 1 is 1.23 bits per heavy atom. The van der Waals surface area contributed by atoms with E-state index < -0.39 is 5.79 Å². The summed E-state index contributed by atoms with van der Waals surface area (Å²) in [5, 5.41) is 18.9. The zero-order chi connectivity index (χ0) is 9.47. The van der Waals surface area contributed by atoms with E-state index in [0.29, 0.717) is 43.3 Å². The minimum atomic E-state index is -1.46. The van der Waals surface area contributed by atoms with Crippen molar-refractivity contribution in [3.8, 4) is 0 Å². The van der Waals surface area contributed by atoms with Crippen LogP contribution in [0.4, 0.5) is 0 Å². The normalized spacial score (nSPS) is 38.5. The summed E-state index contributed by atoms with van der Waals surface area (Å²) in [4.78, 5) is 11.2. The molecule has 0 amide bonds. The van der Waals surface area contributed by atoms with Crippen LogP contribution in [-0.4, -0.2) is 21.8 Å². The molecule has 2 rings (SSSR count). The Kier molecular flexibility index (Phi) is 2.16. The lowest BCUT2D eigenvalue weighted by atomic mass is 9.68. The average Bonchev–Trinajstić information content (AvgIpc) is 2.05. The lowest BCUT2D eigenvalue weighted by Gasteiger charge is -2.40. The molecule has 3 nitrogen and oxygen atoms in total. The van der Waals surface area contributed by atoms with Crippen molar-refractivity contribution in [2.24, 2.45) is 11.8 Å². The molecule has 3 heteroatoms. The van der Waals surface area contributed by atoms with E-state index in [1.165, 1.54) is 0 Å². The van der Waals surface area contributed by atoms with Crippen molar-refractivity contribution in [1.82, 2.24) is 0 Å². The second-order valence-corrected chi connectivity index (χ2v) is 4.53. The van der Waals surface area contributed by atoms with Gasteiger partial charge >= 0.3 is 0 Å². The Morgan fingerprint density at radius 3 is 2.77 bits per heavy atom. The van der Waals surface area contributed by atoms with Crippen molar-refractivity contribution >= 4 is 5.78 Å². The zero-order valence-corrected chi connectivity index (χ0v) is 7.70. The molecular formula is C10H16O3. The van der Waals surface area contributed by atoms with Gasteiger partial charge in [-0.05, 0) is 24.7 Å². The molecule has 2 unspecified atom stereocenters. The van der Waals surface area contributed by atoms with E-state index in [1.54, 1.807) is 0 Å². The molecule has 2 atom stereocenters. The van der Waals surface area contributed by atoms with Crippen molar-refractivity contribution < 1.29 is 15.0 Å². The Morgan fingerprint density at radius 2 is 2.00 bits per heavy atom. The summed E-state index contributed by atoms with van der Waals surface area (Å²) in [6.07, 6.45) is 3.85. The number of aliphatic hydroxyl groups is 2. The smallest absolute Gasteiger partial charge is 0.162 e. The summed E-state index contributed by atoms with van der Waals surface area (Å²) in [7, 11) is 0. The quantitative estimate of drug-likeness (QED) is 0.548. The Balaban J connectivity index is 2.02. The van der Waals surface area contributed by atoms with Gasteiger partial charge in [-0.3, -0.25) is 4.79 Å². The molecule has 2 aliphatic rings. The molecule has 0 aliphatic heterocycles. The second-order valence-electron chi connectivity index (χ2n) is 4.53. The molecule has 0 aromatic heterocycles. The van der Waals surface area contributed by atoms with E-state index in [0.717, 1.165) is 12.8 Å². The zero-order valence-electron chi connectivity index (χ0n) is 7.70. The first kappa shape index (κ1) is 9.16. The highest BCUT2D eigenvalue weighted by molar-refractivity contribution is 5.79. The second kappa shape index (κ2) is 3.07. The molecule has 0 spiro atoms. The molecule has 0 saturated heterocycles. The van der Waals surface area contributed by atoms with E-state index in [4.69, 9.17) is 0 Å². The predicted molar refractivity (Wildman–Crippen MR) is 46.9 cm³/mol. The van der Waals surface area contributed by atoms with Crippen LogP contribution in [0.15, 0.2) is 0 Å². The predicted octanol–water partition coefficient (Wildman–Crippen LogP) is 0.837. The van der Waals surface area contributed by atoms with Crippen LogP contribution in [0.5, 0.6) is 0 Å². The Labute approximate surface area is 77.8 Å². The highest BCUT2D eigenvalue weighted by Gasteiger charge is 2.40. The van der Waals surface area contributed by atoms with Crippen molar-refractivity contribution in [3.63, 3.8) is 0 Å². The number of carbonyl (C=O) groups is 1. The molecule has 13 heavy (non-hydrogen) atoms. The van der Waals surface area contributed by atoms with Crippen molar-refractivity contribution in [3.05, 3.63) is 0 Å². The Bertz CT molecular complexity index is 222. The molecule has 0 aromatic carbocycles. The number of fused-ring (bicyclic) bond motifs is 1. The maximum absolute atomic E-state index is 11.2. The third kappa shape index (κ3) is 1.92. The number of ketones is 1. The first-order valence-electron chi connectivity index (χ1n) is 5.03. The number of hydrogen-bond donors (Lipinski definition) is 2. The molecule has 74 valence electrons. The summed E-state index contributed by atoms with van der Waals surface area (Å²) in [6.45, 7) is 0. The molecule has 2 aliphatic carbocycles. The number of Topliss-reactive ketones (excluding diaryl/α,β-unsaturated/α-hetero) is 1. The maximum Gasteiger partial charge on any atom is 0.162 e. The summed E-state index contributed by atoms with van der Waals surface area (Å²) in [5.74, 6) is -0.318. The fourth-order valence-electron chi connectivity index (χ4n) is 2.69. The summed E-state index contributed by atoms with van der Waals surface area (Å²) >= 11 is 0. The lowest BCUT2D eigenvalue weighted by Crippen LogP contribution is -2.41. The van der Waals surface area contributed by atoms with E-state index in [1.807, 2.05) is 0 Å². The molecule has 0 radical (unpaired) electrons. The van der Waals surface area contributed by atoms with Crippen LogP contribution < -0.4 is 0 Å². The van der Waals surface area contributed by atoms with Gasteiger partial charge in [0.1, 0.15) is 5.78 Å². The van der Waals surface area contributed by atoms with Gasteiger partial charge < -0.3 is 10.2 Å². The van der Waals surface area contributed by atoms with Crippen LogP contribution in [0.3, 0.4) is 0 Å². The lowest BCUT2D eigenvalue weighted by molar-refractivity contribution is -0.202. The molecule has 2 fully saturated rings. The van der Waals surface area contributed by atoms with Crippen LogP contribution in [0.1, 0.15) is 38.5 Å². The minimum Gasteiger partial charge on any atom is -0.366 e. The number of carbonyl (C=O) groups excluding carboxylic acids is 1. The van der Waals surface area contributed by atoms with Gasteiger partial charge in [0, 0.05) is 25.7 Å². The largest absolute Gasteiger partial charge is 0.366 e. The van der Waals surface area contributed by atoms with Crippen LogP contribution in [-0.2, 0) is 4.79 Å². The summed E-state index contributed by atoms with van der Waals surface area (Å²) in [6, 6.07) is 0. The van der Waals surface area contributed by atoms with Crippen molar-refractivity contribution in [2.45, 2.75) is 44.3 Å². The summed E-state index contributed by atoms with van der Waals surface area (Å²) < 4.78 is 0. The fraction of sp³-hybridized carbons (Fsp3) is 0.900. The van der Waals surface area contributed by atoms with Crippen LogP contribution in [0, 0.1) is 11.8 Å². The van der Waals surface area contributed by atoms with Gasteiger partial charge in [-0.1, -0.05) is 0 Å². The minimum absolute atomic E-state index is 0.352. The molecule has 0 heterocycles. The monoisotopic (exact) mass is 184 g/mol. The third-order valence-electron chi connectivity index (χ3n) is 3.46. The van der Waals surface area contributed by atoms with Crippen molar-refractivity contribution in [1.29, 1.82) is 0 Å². The fourth-order valence-corrected chi connectivity index (χ4v) is 2.69. The van der Waals surface area contributed by atoms with Crippen LogP contribution >= 0.6 is 0 Å². The molecule has 0 aromatic rings. The molecule has 2 N–H and O–H groups in total. The first-order chi connectivity index (χ1) is 6.07. The highest BCUT2D eigenvalue weighted by Crippen LogP contribution is 2.42. The topological polar surface area (TPSA) is 57.5 Å². The van der Waals surface area contributed by atoms with Crippen LogP contribution in [0.2, 0.25) is 0 Å². The van der Waals surface area contributed by atoms with Gasteiger partial charge in [0.25, 0.3) is 0 Å². The van der Waals surface area contributed by atoms with E-state index in [2.05, 4.69) is 0 Å². The van der Waals surface area contributed by atoms with E-state index in [-0.39, 0.29) is 0 Å². The third-order valence-corrected chi connectivity index (χ3v) is 3.46. The number of rotatable bonds is 0. The summed E-state index contributed by atoms with van der Waals surface area (Å²) in [5.41, 5.74) is 0. The highest BCUT2D eigenvalue weighted by atomic mass is 16.5. The molecule has 0 bridgehead atoms. The SMILES string of the molecule is O=C1CCC2CC(O)(O)CCC2C1. The van der Waals surface area contributed by atoms with Crippen LogP contribution in [0.25, 0.3) is 0 Å². The molecule has 2 saturated carbocycles. The standard InChI is InChI=1S/C10H16O3/c11-9-2-1-8-6-10(12,13)4-3-7(8)5-9/h7-8,12-13H,1-6H2. The van der Waals surface area contributed by atoms with Gasteiger partial charge in [-0.2, -0.15) is 0 Å². The van der Waals surface area contributed by atoms with Gasteiger partial charge in [-0.25, -0.2) is 0 Å². The maximum atomic E-state index is 11.2. The molecular weight excluding hydrogens is 168 g/mol. The van der Waals surface area contributed by atoms with Gasteiger partial charge in [0.2, 0.25) is 0 Å². The number of hydrogen-bond acceptors (Lipinski definition) is 3. The van der Waals surface area contributed by atoms with Crippen molar-refractivity contribution in [2.75, 3.05) is 0 Å². The first-order valence-corrected chi connectivity index (χ1v) is 5.03. The van der Waals surface area contributed by atoms with E-state index >= 15 is 0 Å². The van der Waals surface area contributed by atoms with E-state index in [9.17, 15) is 15.0 Å². The average molecular weight is 184 g/mol. The van der Waals surface area contributed by atoms with Gasteiger partial charge in [0.15, 0.2) is 5.79 Å².